The minimum absolute atomic E-state index is 0.676. The summed E-state index contributed by atoms with van der Waals surface area (Å²) in [6.45, 7) is 6.69. The van der Waals surface area contributed by atoms with Crippen LogP contribution in [0.5, 0.6) is 0 Å². The molecule has 0 atom stereocenters. The number of benzene rings is 3. The fourth-order valence-corrected chi connectivity index (χ4v) is 4.99. The van der Waals surface area contributed by atoms with Gasteiger partial charge in [0.2, 0.25) is 0 Å². The van der Waals surface area contributed by atoms with Crippen LogP contribution < -0.4 is 16.0 Å². The quantitative estimate of drug-likeness (QED) is 0.129. The molecule has 3 N–H and O–H groups in total. The highest BCUT2D eigenvalue weighted by atomic mass is 14.9. The zero-order valence-electron chi connectivity index (χ0n) is 23.6. The van der Waals surface area contributed by atoms with Crippen molar-refractivity contribution in [2.45, 2.75) is 64.2 Å². The molecule has 0 aromatic heterocycles. The summed E-state index contributed by atoms with van der Waals surface area (Å²) in [7, 11) is 0. The fourth-order valence-electron chi connectivity index (χ4n) is 4.99. The van der Waals surface area contributed by atoms with Crippen molar-refractivity contribution in [2.75, 3.05) is 39.3 Å². The molecule has 0 aliphatic rings. The maximum absolute atomic E-state index is 3.76. The molecular formula is C35H51N3. The van der Waals surface area contributed by atoms with E-state index in [4.69, 9.17) is 0 Å². The lowest BCUT2D eigenvalue weighted by molar-refractivity contribution is 0.402. The van der Waals surface area contributed by atoms with Crippen molar-refractivity contribution in [2.24, 2.45) is 5.92 Å². The van der Waals surface area contributed by atoms with E-state index in [0.717, 1.165) is 39.3 Å². The van der Waals surface area contributed by atoms with Crippen LogP contribution in [0.1, 0.15) is 61.6 Å². The monoisotopic (exact) mass is 513 g/mol. The first-order valence-electron chi connectivity index (χ1n) is 15.1. The second-order valence-corrected chi connectivity index (χ2v) is 10.6. The average Bonchev–Trinajstić information content (AvgIpc) is 2.97. The summed E-state index contributed by atoms with van der Waals surface area (Å²) in [4.78, 5) is 0. The molecule has 38 heavy (non-hydrogen) atoms. The third-order valence-corrected chi connectivity index (χ3v) is 7.33. The highest BCUT2D eigenvalue weighted by Gasteiger charge is 2.08. The molecular weight excluding hydrogens is 462 g/mol. The number of hydrogen-bond donors (Lipinski definition) is 3. The summed E-state index contributed by atoms with van der Waals surface area (Å²) in [5, 5.41) is 11.2. The van der Waals surface area contributed by atoms with E-state index in [2.05, 4.69) is 107 Å². The minimum Gasteiger partial charge on any atom is -0.317 e. The highest BCUT2D eigenvalue weighted by molar-refractivity contribution is 5.16. The predicted octanol–water partition coefficient (Wildman–Crippen LogP) is 6.83. The van der Waals surface area contributed by atoms with Crippen LogP contribution in [0, 0.1) is 5.92 Å². The first-order valence-corrected chi connectivity index (χ1v) is 15.1. The van der Waals surface area contributed by atoms with Gasteiger partial charge in [0.1, 0.15) is 0 Å². The van der Waals surface area contributed by atoms with E-state index < -0.39 is 0 Å². The zero-order valence-corrected chi connectivity index (χ0v) is 23.6. The Morgan fingerprint density at radius 1 is 0.395 bits per heavy atom. The molecule has 0 saturated carbocycles. The Labute approximate surface area is 232 Å². The maximum Gasteiger partial charge on any atom is -0.000790 e. The van der Waals surface area contributed by atoms with Crippen molar-refractivity contribution < 1.29 is 0 Å². The molecule has 3 nitrogen and oxygen atoms in total. The summed E-state index contributed by atoms with van der Waals surface area (Å²) in [6.07, 6.45) is 12.3. The highest BCUT2D eigenvalue weighted by Crippen LogP contribution is 2.07. The van der Waals surface area contributed by atoms with Gasteiger partial charge in [0, 0.05) is 0 Å². The van der Waals surface area contributed by atoms with Gasteiger partial charge in [-0.1, -0.05) is 91.0 Å². The Bertz CT molecular complexity index is 862. The summed E-state index contributed by atoms with van der Waals surface area (Å²) in [5.41, 5.74) is 4.37. The maximum atomic E-state index is 3.76. The van der Waals surface area contributed by atoms with Gasteiger partial charge in [-0.15, -0.1) is 0 Å². The van der Waals surface area contributed by atoms with Crippen LogP contribution in [0.2, 0.25) is 0 Å². The first kappa shape index (κ1) is 30.1. The van der Waals surface area contributed by atoms with Gasteiger partial charge < -0.3 is 16.0 Å². The molecule has 0 fully saturated rings. The van der Waals surface area contributed by atoms with Crippen LogP contribution in [0.15, 0.2) is 91.0 Å². The van der Waals surface area contributed by atoms with Gasteiger partial charge in [-0.2, -0.15) is 0 Å². The molecule has 0 heterocycles. The van der Waals surface area contributed by atoms with Crippen molar-refractivity contribution in [1.29, 1.82) is 0 Å². The molecule has 0 amide bonds. The molecule has 0 aliphatic carbocycles. The van der Waals surface area contributed by atoms with E-state index >= 15 is 0 Å². The van der Waals surface area contributed by atoms with Crippen molar-refractivity contribution in [3.8, 4) is 0 Å². The van der Waals surface area contributed by atoms with Crippen LogP contribution in [0.4, 0.5) is 0 Å². The van der Waals surface area contributed by atoms with E-state index in [-0.39, 0.29) is 0 Å². The number of aryl methyl sites for hydroxylation is 3. The van der Waals surface area contributed by atoms with Crippen LogP contribution in [0.3, 0.4) is 0 Å². The lowest BCUT2D eigenvalue weighted by Crippen LogP contribution is -2.34. The topological polar surface area (TPSA) is 36.1 Å². The Morgan fingerprint density at radius 2 is 0.763 bits per heavy atom. The summed E-state index contributed by atoms with van der Waals surface area (Å²) < 4.78 is 0. The lowest BCUT2D eigenvalue weighted by atomic mass is 10.0. The smallest absolute Gasteiger partial charge is 0.000790 e. The van der Waals surface area contributed by atoms with E-state index in [0.29, 0.717) is 5.92 Å². The average molecular weight is 514 g/mol. The van der Waals surface area contributed by atoms with Crippen LogP contribution >= 0.6 is 0 Å². The molecule has 0 radical (unpaired) electrons. The number of nitrogens with one attached hydrogen (secondary N) is 3. The van der Waals surface area contributed by atoms with E-state index in [1.807, 2.05) is 0 Å². The van der Waals surface area contributed by atoms with Gasteiger partial charge in [-0.25, -0.2) is 0 Å². The van der Waals surface area contributed by atoms with Gasteiger partial charge in [0.05, 0.1) is 0 Å². The molecule has 0 unspecified atom stereocenters. The first-order chi connectivity index (χ1) is 18.9. The second kappa shape index (κ2) is 20.5. The minimum atomic E-state index is 0.676. The van der Waals surface area contributed by atoms with Crippen LogP contribution in [-0.4, -0.2) is 39.3 Å². The molecule has 3 aromatic carbocycles. The van der Waals surface area contributed by atoms with Crippen molar-refractivity contribution >= 4 is 0 Å². The van der Waals surface area contributed by atoms with Crippen LogP contribution in [0.25, 0.3) is 0 Å². The summed E-state index contributed by atoms with van der Waals surface area (Å²) >= 11 is 0. The molecule has 0 spiro atoms. The summed E-state index contributed by atoms with van der Waals surface area (Å²) in [5.74, 6) is 0.676. The fraction of sp³-hybridized carbons (Fsp3) is 0.486. The standard InChI is InChI=1S/C35H51N3/c1-4-16-32(17-5-1)22-10-13-26-36-29-25-35(30-37-27-14-11-23-33-18-6-2-7-19-33)31-38-28-15-12-24-34-20-8-3-9-21-34/h1-9,16-21,35-38H,10-15,22-31H2. The summed E-state index contributed by atoms with van der Waals surface area (Å²) in [6, 6.07) is 32.6. The molecule has 3 aromatic rings. The van der Waals surface area contributed by atoms with Gasteiger partial charge >= 0.3 is 0 Å². The number of rotatable bonds is 22. The molecule has 3 heteroatoms. The number of unbranched alkanes of at least 4 members (excludes halogenated alkanes) is 3. The van der Waals surface area contributed by atoms with Crippen molar-refractivity contribution in [1.82, 2.24) is 16.0 Å². The van der Waals surface area contributed by atoms with Crippen LogP contribution in [-0.2, 0) is 19.3 Å². The van der Waals surface area contributed by atoms with Gasteiger partial charge in [-0.3, -0.25) is 0 Å². The normalized spacial score (nSPS) is 11.3. The molecule has 0 bridgehead atoms. The Kier molecular flexibility index (Phi) is 16.2. The lowest BCUT2D eigenvalue weighted by Gasteiger charge is -2.19. The molecule has 3 rings (SSSR count). The molecule has 0 saturated heterocycles. The Morgan fingerprint density at radius 3 is 1.16 bits per heavy atom. The molecule has 206 valence electrons. The SMILES string of the molecule is c1ccc(CCCCNCCC(CNCCCCc2ccccc2)CNCCCCc2ccccc2)cc1. The van der Waals surface area contributed by atoms with Crippen molar-refractivity contribution in [3.63, 3.8) is 0 Å². The predicted molar refractivity (Wildman–Crippen MR) is 165 cm³/mol. The van der Waals surface area contributed by atoms with Gasteiger partial charge in [0.15, 0.2) is 0 Å². The second-order valence-electron chi connectivity index (χ2n) is 10.6. The molecule has 0 aliphatic heterocycles. The Hall–Kier alpha value is -2.46. The number of hydrogen-bond acceptors (Lipinski definition) is 3. The zero-order chi connectivity index (χ0) is 26.4. The van der Waals surface area contributed by atoms with Gasteiger partial charge in [0.25, 0.3) is 0 Å². The van der Waals surface area contributed by atoms with E-state index in [1.54, 1.807) is 0 Å². The van der Waals surface area contributed by atoms with E-state index in [9.17, 15) is 0 Å². The third-order valence-electron chi connectivity index (χ3n) is 7.33. The third kappa shape index (κ3) is 14.5. The largest absolute Gasteiger partial charge is 0.317 e. The van der Waals surface area contributed by atoms with Crippen molar-refractivity contribution in [3.05, 3.63) is 108 Å². The Balaban J connectivity index is 1.25. The van der Waals surface area contributed by atoms with E-state index in [1.165, 1.54) is 80.9 Å². The van der Waals surface area contributed by atoms with Gasteiger partial charge in [-0.05, 0) is 126 Å².